The van der Waals surface area contributed by atoms with Crippen molar-refractivity contribution in [3.63, 3.8) is 0 Å². The van der Waals surface area contributed by atoms with E-state index >= 15 is 0 Å². The van der Waals surface area contributed by atoms with Gasteiger partial charge in [0.25, 0.3) is 11.8 Å². The van der Waals surface area contributed by atoms with Gasteiger partial charge >= 0.3 is 0 Å². The van der Waals surface area contributed by atoms with Crippen LogP contribution in [0.5, 0.6) is 11.5 Å². The fourth-order valence-electron chi connectivity index (χ4n) is 4.10. The highest BCUT2D eigenvalue weighted by Crippen LogP contribution is 2.30. The number of rotatable bonds is 8. The van der Waals surface area contributed by atoms with Crippen LogP contribution in [0.1, 0.15) is 49.3 Å². The molecule has 3 aromatic rings. The van der Waals surface area contributed by atoms with Gasteiger partial charge in [0.1, 0.15) is 11.6 Å². The number of nitrogens with one attached hydrogen (secondary N) is 2. The molecule has 2 aromatic carbocycles. The summed E-state index contributed by atoms with van der Waals surface area (Å²) in [5, 5.41) is 14.0. The van der Waals surface area contributed by atoms with Gasteiger partial charge in [0.15, 0.2) is 23.9 Å². The van der Waals surface area contributed by atoms with Crippen molar-refractivity contribution in [2.45, 2.75) is 52.1 Å². The van der Waals surface area contributed by atoms with Crippen molar-refractivity contribution in [3.8, 4) is 22.9 Å². The zero-order valence-corrected chi connectivity index (χ0v) is 20.6. The van der Waals surface area contributed by atoms with Crippen LogP contribution in [0.4, 0.5) is 10.1 Å². The van der Waals surface area contributed by atoms with E-state index in [9.17, 15) is 14.0 Å². The van der Waals surface area contributed by atoms with Crippen molar-refractivity contribution in [1.82, 2.24) is 20.1 Å². The maximum atomic E-state index is 14.8. The molecule has 10 heteroatoms. The van der Waals surface area contributed by atoms with Crippen LogP contribution >= 0.6 is 0 Å². The number of carbonyl (C=O) groups excluding carboxylic acids is 2. The third-order valence-electron chi connectivity index (χ3n) is 5.81. The molecule has 0 saturated carbocycles. The molecule has 0 bridgehead atoms. The zero-order chi connectivity index (χ0) is 25.7. The number of hydrogen-bond donors (Lipinski definition) is 2. The lowest BCUT2D eigenvalue weighted by Crippen LogP contribution is -2.34. The number of halogens is 1. The van der Waals surface area contributed by atoms with E-state index in [1.54, 1.807) is 18.2 Å². The van der Waals surface area contributed by atoms with Crippen molar-refractivity contribution in [1.29, 1.82) is 0 Å². The topological polar surface area (TPSA) is 107 Å². The molecular formula is C26H30FN5O4. The van der Waals surface area contributed by atoms with Gasteiger partial charge in [-0.25, -0.2) is 4.39 Å². The smallest absolute Gasteiger partial charge is 0.258 e. The van der Waals surface area contributed by atoms with Crippen molar-refractivity contribution in [2.24, 2.45) is 0 Å². The first kappa shape index (κ1) is 25.2. The normalized spacial score (nSPS) is 13.0. The minimum atomic E-state index is -0.433. The van der Waals surface area contributed by atoms with E-state index in [2.05, 4.69) is 20.8 Å². The van der Waals surface area contributed by atoms with E-state index in [0.717, 1.165) is 38.1 Å². The van der Waals surface area contributed by atoms with Crippen LogP contribution in [0.25, 0.3) is 11.4 Å². The quantitative estimate of drug-likeness (QED) is 0.490. The lowest BCUT2D eigenvalue weighted by atomic mass is 10.1. The molecule has 0 radical (unpaired) electrons. The maximum Gasteiger partial charge on any atom is 0.258 e. The summed E-state index contributed by atoms with van der Waals surface area (Å²) in [5.74, 6) is 0.866. The van der Waals surface area contributed by atoms with Crippen molar-refractivity contribution >= 4 is 17.5 Å². The summed E-state index contributed by atoms with van der Waals surface area (Å²) in [7, 11) is 1.45. The number of aryl methyl sites for hydroxylation is 1. The highest BCUT2D eigenvalue weighted by Gasteiger charge is 2.20. The third kappa shape index (κ3) is 5.81. The number of aromatic nitrogens is 3. The van der Waals surface area contributed by atoms with Crippen LogP contribution in [-0.2, 0) is 17.8 Å². The van der Waals surface area contributed by atoms with Gasteiger partial charge in [-0.15, -0.1) is 10.2 Å². The Bertz CT molecular complexity index is 1260. The molecule has 2 amide bonds. The van der Waals surface area contributed by atoms with Gasteiger partial charge < -0.3 is 24.7 Å². The van der Waals surface area contributed by atoms with Gasteiger partial charge in [-0.1, -0.05) is 6.42 Å². The summed E-state index contributed by atoms with van der Waals surface area (Å²) >= 11 is 0. The standard InChI is InChI=1S/C26H30FN5O4/c1-16(2)28-24(33)15-36-21-11-8-17(13-22(21)35-3)26(34)29-18-9-10-20(27)19(14-18)25-31-30-23-7-5-4-6-12-32(23)25/h8-11,13-14,16H,4-7,12,15H2,1-3H3,(H,28,33)(H,29,34). The highest BCUT2D eigenvalue weighted by atomic mass is 19.1. The molecule has 190 valence electrons. The van der Waals surface area contributed by atoms with E-state index in [-0.39, 0.29) is 24.1 Å². The second kappa shape index (κ2) is 11.2. The number of anilines is 1. The van der Waals surface area contributed by atoms with Crippen LogP contribution < -0.4 is 20.1 Å². The molecular weight excluding hydrogens is 465 g/mol. The molecule has 2 N–H and O–H groups in total. The highest BCUT2D eigenvalue weighted by molar-refractivity contribution is 6.05. The largest absolute Gasteiger partial charge is 0.493 e. The molecule has 0 atom stereocenters. The second-order valence-corrected chi connectivity index (χ2v) is 8.93. The number of carbonyl (C=O) groups is 2. The lowest BCUT2D eigenvalue weighted by Gasteiger charge is -2.14. The lowest BCUT2D eigenvalue weighted by molar-refractivity contribution is -0.123. The first-order valence-electron chi connectivity index (χ1n) is 12.0. The Morgan fingerprint density at radius 3 is 2.69 bits per heavy atom. The summed E-state index contributed by atoms with van der Waals surface area (Å²) in [6, 6.07) is 9.03. The number of amides is 2. The molecule has 36 heavy (non-hydrogen) atoms. The van der Waals surface area contributed by atoms with Gasteiger partial charge in [0.05, 0.1) is 12.7 Å². The van der Waals surface area contributed by atoms with Gasteiger partial charge in [-0.05, 0) is 63.1 Å². The Kier molecular flexibility index (Phi) is 7.82. The Morgan fingerprint density at radius 2 is 1.92 bits per heavy atom. The molecule has 4 rings (SSSR count). The number of benzene rings is 2. The minimum absolute atomic E-state index is 0.000664. The summed E-state index contributed by atoms with van der Waals surface area (Å²) in [6.07, 6.45) is 3.93. The van der Waals surface area contributed by atoms with E-state index in [1.807, 2.05) is 18.4 Å². The molecule has 0 unspecified atom stereocenters. The molecule has 9 nitrogen and oxygen atoms in total. The number of fused-ring (bicyclic) bond motifs is 1. The van der Waals surface area contributed by atoms with E-state index < -0.39 is 11.7 Å². The van der Waals surface area contributed by atoms with E-state index in [1.165, 1.54) is 25.3 Å². The molecule has 0 saturated heterocycles. The second-order valence-electron chi connectivity index (χ2n) is 8.93. The maximum absolute atomic E-state index is 14.8. The van der Waals surface area contributed by atoms with Crippen LogP contribution in [0, 0.1) is 5.82 Å². The SMILES string of the molecule is COc1cc(C(=O)Nc2ccc(F)c(-c3nnc4n3CCCCC4)c2)ccc1OCC(=O)NC(C)C. The summed E-state index contributed by atoms with van der Waals surface area (Å²) in [6.45, 7) is 4.28. The molecule has 2 heterocycles. The van der Waals surface area contributed by atoms with Crippen LogP contribution in [0.15, 0.2) is 36.4 Å². The first-order valence-corrected chi connectivity index (χ1v) is 12.0. The van der Waals surface area contributed by atoms with Gasteiger partial charge in [-0.2, -0.15) is 0 Å². The third-order valence-corrected chi connectivity index (χ3v) is 5.81. The molecule has 0 spiro atoms. The van der Waals surface area contributed by atoms with Crippen LogP contribution in [0.2, 0.25) is 0 Å². The predicted molar refractivity (Wildman–Crippen MR) is 133 cm³/mol. The number of nitrogens with zero attached hydrogens (tertiary/aromatic N) is 3. The summed E-state index contributed by atoms with van der Waals surface area (Å²) in [4.78, 5) is 24.8. The molecule has 1 aliphatic rings. The van der Waals surface area contributed by atoms with Crippen LogP contribution in [-0.4, -0.2) is 46.3 Å². The average Bonchev–Trinajstić information content (AvgIpc) is 3.10. The molecule has 1 aliphatic heterocycles. The molecule has 0 aliphatic carbocycles. The van der Waals surface area contributed by atoms with Crippen molar-refractivity contribution < 1.29 is 23.5 Å². The average molecular weight is 496 g/mol. The van der Waals surface area contributed by atoms with E-state index in [4.69, 9.17) is 9.47 Å². The predicted octanol–water partition coefficient (Wildman–Crippen LogP) is 3.97. The summed E-state index contributed by atoms with van der Waals surface area (Å²) < 4.78 is 27.6. The monoisotopic (exact) mass is 495 g/mol. The molecule has 0 fully saturated rings. The Balaban J connectivity index is 1.50. The Hall–Kier alpha value is -3.95. The number of methoxy groups -OCH3 is 1. The van der Waals surface area contributed by atoms with Crippen molar-refractivity contribution in [3.05, 3.63) is 53.6 Å². The van der Waals surface area contributed by atoms with Crippen molar-refractivity contribution in [2.75, 3.05) is 19.0 Å². The Morgan fingerprint density at radius 1 is 1.08 bits per heavy atom. The van der Waals surface area contributed by atoms with Gasteiger partial charge in [-0.3, -0.25) is 9.59 Å². The molecule has 1 aromatic heterocycles. The van der Waals surface area contributed by atoms with Gasteiger partial charge in [0.2, 0.25) is 0 Å². The minimum Gasteiger partial charge on any atom is -0.493 e. The Labute approximate surface area is 209 Å². The fraction of sp³-hybridized carbons (Fsp3) is 0.385. The van der Waals surface area contributed by atoms with Crippen LogP contribution in [0.3, 0.4) is 0 Å². The number of hydrogen-bond acceptors (Lipinski definition) is 6. The van der Waals surface area contributed by atoms with E-state index in [0.29, 0.717) is 28.6 Å². The number of ether oxygens (including phenoxy) is 2. The first-order chi connectivity index (χ1) is 17.4. The van der Waals surface area contributed by atoms with Gasteiger partial charge in [0, 0.05) is 30.3 Å². The zero-order valence-electron chi connectivity index (χ0n) is 20.6. The fourth-order valence-corrected chi connectivity index (χ4v) is 4.10. The summed E-state index contributed by atoms with van der Waals surface area (Å²) in [5.41, 5.74) is 1.02.